The summed E-state index contributed by atoms with van der Waals surface area (Å²) in [5, 5.41) is 0. The topological polar surface area (TPSA) is 77.5 Å². The van der Waals surface area contributed by atoms with Crippen molar-refractivity contribution in [1.29, 1.82) is 0 Å². The molecule has 5 heteroatoms. The number of aryl methyl sites for hydroxylation is 1. The van der Waals surface area contributed by atoms with Gasteiger partial charge in [-0.25, -0.2) is 5.84 Å². The molecule has 0 unspecified atom stereocenters. The Bertz CT molecular complexity index is 320. The summed E-state index contributed by atoms with van der Waals surface area (Å²) in [7, 11) is 0. The van der Waals surface area contributed by atoms with Crippen LogP contribution in [0.1, 0.15) is 28.8 Å². The number of furan rings is 1. The molecule has 78 valence electrons. The first-order valence-electron chi connectivity index (χ1n) is 4.37. The zero-order valence-electron chi connectivity index (χ0n) is 8.29. The maximum Gasteiger partial charge on any atom is 0.300 e. The highest BCUT2D eigenvalue weighted by molar-refractivity contribution is 5.91. The van der Waals surface area contributed by atoms with E-state index in [0.717, 1.165) is 5.56 Å². The number of ether oxygens (including phenoxy) is 1. The molecule has 5 nitrogen and oxygen atoms in total. The summed E-state index contributed by atoms with van der Waals surface area (Å²) in [6.07, 6.45) is 0. The fourth-order valence-electron chi connectivity index (χ4n) is 1.06. The lowest BCUT2D eigenvalue weighted by atomic mass is 10.2. The Hall–Kier alpha value is -1.33. The normalized spacial score (nSPS) is 10.2. The van der Waals surface area contributed by atoms with Crippen LogP contribution >= 0.6 is 0 Å². The number of hydrogen-bond acceptors (Lipinski definition) is 4. The highest BCUT2D eigenvalue weighted by Gasteiger charge is 2.12. The van der Waals surface area contributed by atoms with Crippen molar-refractivity contribution < 1.29 is 13.9 Å². The quantitative estimate of drug-likeness (QED) is 0.424. The monoisotopic (exact) mass is 198 g/mol. The van der Waals surface area contributed by atoms with Gasteiger partial charge < -0.3 is 9.15 Å². The molecule has 1 amide bonds. The summed E-state index contributed by atoms with van der Waals surface area (Å²) in [5.74, 6) is 5.42. The smallest absolute Gasteiger partial charge is 0.300 e. The van der Waals surface area contributed by atoms with E-state index in [1.54, 1.807) is 13.0 Å². The van der Waals surface area contributed by atoms with Crippen LogP contribution in [0, 0.1) is 6.92 Å². The van der Waals surface area contributed by atoms with Crippen molar-refractivity contribution in [2.24, 2.45) is 5.84 Å². The molecule has 0 aliphatic heterocycles. The first-order valence-corrected chi connectivity index (χ1v) is 4.37. The van der Waals surface area contributed by atoms with E-state index in [-0.39, 0.29) is 5.76 Å². The molecule has 0 atom stereocenters. The third-order valence-corrected chi connectivity index (χ3v) is 1.84. The van der Waals surface area contributed by atoms with Crippen LogP contribution in [0.5, 0.6) is 0 Å². The summed E-state index contributed by atoms with van der Waals surface area (Å²) < 4.78 is 10.4. The molecule has 0 aliphatic rings. The number of nitrogen functional groups attached to an aromatic ring is 1. The van der Waals surface area contributed by atoms with Gasteiger partial charge in [0.05, 0.1) is 6.61 Å². The van der Waals surface area contributed by atoms with Crippen LogP contribution in [0.4, 0.5) is 0 Å². The summed E-state index contributed by atoms with van der Waals surface area (Å²) in [6.45, 7) is 4.76. The Balaban J connectivity index is 2.76. The van der Waals surface area contributed by atoms with E-state index in [0.29, 0.717) is 19.0 Å². The highest BCUT2D eigenvalue weighted by atomic mass is 16.5. The Morgan fingerprint density at radius 2 is 2.43 bits per heavy atom. The molecule has 14 heavy (non-hydrogen) atoms. The van der Waals surface area contributed by atoms with E-state index in [4.69, 9.17) is 15.0 Å². The van der Waals surface area contributed by atoms with Crippen molar-refractivity contribution in [2.75, 3.05) is 6.61 Å². The fraction of sp³-hybridized carbons (Fsp3) is 0.444. The lowest BCUT2D eigenvalue weighted by molar-refractivity contribution is 0.0924. The summed E-state index contributed by atoms with van der Waals surface area (Å²) in [5.41, 5.74) is 2.87. The number of carbonyl (C=O) groups is 1. The maximum absolute atomic E-state index is 11.1. The average molecular weight is 198 g/mol. The summed E-state index contributed by atoms with van der Waals surface area (Å²) >= 11 is 0. The second-order valence-corrected chi connectivity index (χ2v) is 2.80. The first kappa shape index (κ1) is 10.7. The molecular formula is C9H14N2O3. The van der Waals surface area contributed by atoms with Crippen LogP contribution < -0.4 is 11.3 Å². The first-order chi connectivity index (χ1) is 6.69. The number of amides is 1. The van der Waals surface area contributed by atoms with E-state index in [9.17, 15) is 4.79 Å². The van der Waals surface area contributed by atoms with Gasteiger partial charge in [0.15, 0.2) is 5.76 Å². The van der Waals surface area contributed by atoms with Crippen LogP contribution in [0.2, 0.25) is 0 Å². The van der Waals surface area contributed by atoms with E-state index < -0.39 is 5.91 Å². The van der Waals surface area contributed by atoms with Gasteiger partial charge in [-0.1, -0.05) is 0 Å². The van der Waals surface area contributed by atoms with Crippen molar-refractivity contribution in [1.82, 2.24) is 5.43 Å². The minimum atomic E-state index is -0.434. The summed E-state index contributed by atoms with van der Waals surface area (Å²) in [4.78, 5) is 11.1. The maximum atomic E-state index is 11.1. The molecule has 0 radical (unpaired) electrons. The van der Waals surface area contributed by atoms with Crippen molar-refractivity contribution >= 4 is 5.91 Å². The minimum absolute atomic E-state index is 0.208. The molecule has 0 bridgehead atoms. The standard InChI is InChI=1S/C9H14N2O3/c1-3-13-5-7-4-8(9(12)11-10)14-6(7)2/h4H,3,5,10H2,1-2H3,(H,11,12). The third-order valence-electron chi connectivity index (χ3n) is 1.84. The van der Waals surface area contributed by atoms with Crippen molar-refractivity contribution in [3.63, 3.8) is 0 Å². The van der Waals surface area contributed by atoms with Gasteiger partial charge in [-0.15, -0.1) is 0 Å². The second-order valence-electron chi connectivity index (χ2n) is 2.80. The molecule has 0 spiro atoms. The van der Waals surface area contributed by atoms with Crippen LogP contribution in [0.3, 0.4) is 0 Å². The van der Waals surface area contributed by atoms with Gasteiger partial charge in [0, 0.05) is 12.2 Å². The molecule has 0 aromatic carbocycles. The van der Waals surface area contributed by atoms with Crippen LogP contribution in [0.15, 0.2) is 10.5 Å². The Morgan fingerprint density at radius 1 is 1.71 bits per heavy atom. The molecule has 1 heterocycles. The second kappa shape index (κ2) is 4.78. The Morgan fingerprint density at radius 3 is 3.00 bits per heavy atom. The van der Waals surface area contributed by atoms with E-state index >= 15 is 0 Å². The summed E-state index contributed by atoms with van der Waals surface area (Å²) in [6, 6.07) is 1.63. The lowest BCUT2D eigenvalue weighted by Crippen LogP contribution is -2.29. The number of carbonyl (C=O) groups excluding carboxylic acids is 1. The Kier molecular flexibility index (Phi) is 3.67. The van der Waals surface area contributed by atoms with Gasteiger partial charge >= 0.3 is 5.91 Å². The number of nitrogens with one attached hydrogen (secondary N) is 1. The van der Waals surface area contributed by atoms with Crippen molar-refractivity contribution in [3.8, 4) is 0 Å². The molecule has 0 fully saturated rings. The van der Waals surface area contributed by atoms with Gasteiger partial charge in [-0.3, -0.25) is 10.2 Å². The molecule has 1 aromatic heterocycles. The van der Waals surface area contributed by atoms with Crippen LogP contribution in [0.25, 0.3) is 0 Å². The predicted octanol–water partition coefficient (Wildman–Crippen LogP) is 0.728. The highest BCUT2D eigenvalue weighted by Crippen LogP contribution is 2.15. The molecule has 0 aliphatic carbocycles. The van der Waals surface area contributed by atoms with Gasteiger partial charge in [0.25, 0.3) is 0 Å². The largest absolute Gasteiger partial charge is 0.456 e. The van der Waals surface area contributed by atoms with Crippen molar-refractivity contribution in [2.45, 2.75) is 20.5 Å². The number of nitrogens with two attached hydrogens (primary N) is 1. The molecule has 1 rings (SSSR count). The number of hydrazine groups is 1. The van der Waals surface area contributed by atoms with Gasteiger partial charge in [-0.2, -0.15) is 0 Å². The number of rotatable bonds is 4. The van der Waals surface area contributed by atoms with Gasteiger partial charge in [-0.05, 0) is 19.9 Å². The third kappa shape index (κ3) is 2.34. The van der Waals surface area contributed by atoms with Crippen molar-refractivity contribution in [3.05, 3.63) is 23.2 Å². The van der Waals surface area contributed by atoms with E-state index in [1.165, 1.54) is 0 Å². The van der Waals surface area contributed by atoms with Crippen LogP contribution in [-0.4, -0.2) is 12.5 Å². The lowest BCUT2D eigenvalue weighted by Gasteiger charge is -1.97. The molecule has 3 N–H and O–H groups in total. The molecule has 0 saturated heterocycles. The Labute approximate surface area is 82.2 Å². The van der Waals surface area contributed by atoms with Gasteiger partial charge in [0.2, 0.25) is 0 Å². The average Bonchev–Trinajstić information content (AvgIpc) is 2.56. The molecule has 1 aromatic rings. The van der Waals surface area contributed by atoms with Crippen LogP contribution in [-0.2, 0) is 11.3 Å². The zero-order valence-corrected chi connectivity index (χ0v) is 8.29. The van der Waals surface area contributed by atoms with E-state index in [1.807, 2.05) is 12.3 Å². The van der Waals surface area contributed by atoms with E-state index in [2.05, 4.69) is 0 Å². The fourth-order valence-corrected chi connectivity index (χ4v) is 1.06. The predicted molar refractivity (Wildman–Crippen MR) is 50.4 cm³/mol. The molecule has 0 saturated carbocycles. The number of hydrogen-bond donors (Lipinski definition) is 2. The SMILES string of the molecule is CCOCc1cc(C(=O)NN)oc1C. The zero-order chi connectivity index (χ0) is 10.6. The molecular weight excluding hydrogens is 184 g/mol. The minimum Gasteiger partial charge on any atom is -0.456 e. The van der Waals surface area contributed by atoms with Gasteiger partial charge in [0.1, 0.15) is 5.76 Å².